The lowest BCUT2D eigenvalue weighted by Crippen LogP contribution is -2.45. The molecule has 1 fully saturated rings. The summed E-state index contributed by atoms with van der Waals surface area (Å²) in [4.78, 5) is 40.4. The average Bonchev–Trinajstić information content (AvgIpc) is 2.88. The van der Waals surface area contributed by atoms with Gasteiger partial charge >= 0.3 is 0 Å². The van der Waals surface area contributed by atoms with Gasteiger partial charge in [0, 0.05) is 33.6 Å². The normalized spacial score (nSPS) is 13.6. The van der Waals surface area contributed by atoms with Crippen LogP contribution in [0.15, 0.2) is 78.9 Å². The smallest absolute Gasteiger partial charge is 0.255 e. The molecular weight excluding hydrogens is 462 g/mol. The number of carbonyl (C=O) groups excluding carboxylic acids is 3. The largest absolute Gasteiger partial charge is 0.326 e. The topological polar surface area (TPSA) is 78.5 Å². The van der Waals surface area contributed by atoms with E-state index in [1.807, 2.05) is 18.2 Å². The number of hydrogen-bond acceptors (Lipinski definition) is 3. The van der Waals surface area contributed by atoms with E-state index in [4.69, 9.17) is 11.6 Å². The van der Waals surface area contributed by atoms with Gasteiger partial charge in [0.2, 0.25) is 5.91 Å². The summed E-state index contributed by atoms with van der Waals surface area (Å²) < 4.78 is 0. The first-order valence-electron chi connectivity index (χ1n) is 11.8. The summed E-state index contributed by atoms with van der Waals surface area (Å²) in [6.07, 6.45) is 5.07. The van der Waals surface area contributed by atoms with Gasteiger partial charge in [0.05, 0.1) is 0 Å². The first kappa shape index (κ1) is 24.5. The summed E-state index contributed by atoms with van der Waals surface area (Å²) in [7, 11) is 0. The summed E-state index contributed by atoms with van der Waals surface area (Å²) >= 11 is 5.89. The Morgan fingerprint density at radius 1 is 0.771 bits per heavy atom. The van der Waals surface area contributed by atoms with Gasteiger partial charge in [-0.15, -0.1) is 0 Å². The molecule has 0 heterocycles. The van der Waals surface area contributed by atoms with Gasteiger partial charge < -0.3 is 15.5 Å². The van der Waals surface area contributed by atoms with Crippen LogP contribution in [-0.4, -0.2) is 35.2 Å². The van der Waals surface area contributed by atoms with Crippen molar-refractivity contribution in [2.75, 3.05) is 17.2 Å². The predicted molar refractivity (Wildman–Crippen MR) is 139 cm³/mol. The highest BCUT2D eigenvalue weighted by Gasteiger charge is 2.28. The number of carbonyl (C=O) groups is 3. The summed E-state index contributed by atoms with van der Waals surface area (Å²) in [5.41, 5.74) is 2.15. The van der Waals surface area contributed by atoms with Crippen molar-refractivity contribution in [3.63, 3.8) is 0 Å². The number of rotatable bonds is 7. The van der Waals surface area contributed by atoms with Crippen LogP contribution in [0.3, 0.4) is 0 Å². The van der Waals surface area contributed by atoms with Crippen molar-refractivity contribution < 1.29 is 14.4 Å². The number of anilines is 2. The first-order chi connectivity index (χ1) is 17.0. The molecule has 0 saturated heterocycles. The first-order valence-corrected chi connectivity index (χ1v) is 12.2. The zero-order chi connectivity index (χ0) is 24.6. The van der Waals surface area contributed by atoms with Gasteiger partial charge in [-0.25, -0.2) is 0 Å². The van der Waals surface area contributed by atoms with Crippen LogP contribution in [0.1, 0.15) is 52.8 Å². The number of nitrogens with zero attached hydrogens (tertiary/aromatic N) is 1. The van der Waals surface area contributed by atoms with Gasteiger partial charge in [-0.2, -0.15) is 0 Å². The number of hydrogen-bond donors (Lipinski definition) is 2. The van der Waals surface area contributed by atoms with E-state index in [1.54, 1.807) is 65.6 Å². The van der Waals surface area contributed by atoms with Gasteiger partial charge in [-0.05, 0) is 67.4 Å². The minimum atomic E-state index is -0.277. The van der Waals surface area contributed by atoms with Crippen molar-refractivity contribution >= 4 is 40.7 Å². The standard InChI is InChI=1S/C28H28ClN3O3/c29-22-16-14-20(15-17-22)27(34)31-24-11-7-10-23(18-24)30-26(33)19-32(25-12-5-2-6-13-25)28(35)21-8-3-1-4-9-21/h1,3-4,7-11,14-18,25H,2,5-6,12-13,19H2,(H,30,33)(H,31,34). The van der Waals surface area contributed by atoms with Gasteiger partial charge in [0.1, 0.15) is 6.54 Å². The SMILES string of the molecule is O=C(CN(C(=O)c1ccccc1)C1CCCCC1)Nc1cccc(NC(=O)c2ccc(Cl)cc2)c1. The third kappa shape index (κ3) is 6.70. The Bertz CT molecular complexity index is 1180. The Balaban J connectivity index is 1.43. The molecule has 0 radical (unpaired) electrons. The second-order valence-electron chi connectivity index (χ2n) is 8.68. The lowest BCUT2D eigenvalue weighted by atomic mass is 9.93. The van der Waals surface area contributed by atoms with Crippen molar-refractivity contribution in [3.8, 4) is 0 Å². The van der Waals surface area contributed by atoms with Crippen molar-refractivity contribution in [2.45, 2.75) is 38.1 Å². The predicted octanol–water partition coefficient (Wildman–Crippen LogP) is 6.01. The molecule has 0 atom stereocenters. The molecule has 0 aliphatic heterocycles. The molecule has 0 bridgehead atoms. The van der Waals surface area contributed by atoms with Crippen LogP contribution < -0.4 is 10.6 Å². The highest BCUT2D eigenvalue weighted by Crippen LogP contribution is 2.24. The molecule has 35 heavy (non-hydrogen) atoms. The van der Waals surface area contributed by atoms with E-state index < -0.39 is 0 Å². The van der Waals surface area contributed by atoms with E-state index >= 15 is 0 Å². The van der Waals surface area contributed by atoms with Crippen molar-refractivity contribution in [1.82, 2.24) is 4.90 Å². The number of amides is 3. The van der Waals surface area contributed by atoms with Crippen LogP contribution in [-0.2, 0) is 4.79 Å². The monoisotopic (exact) mass is 489 g/mol. The molecule has 3 aromatic carbocycles. The molecule has 1 saturated carbocycles. The van der Waals surface area contributed by atoms with E-state index in [9.17, 15) is 14.4 Å². The maximum absolute atomic E-state index is 13.3. The maximum atomic E-state index is 13.3. The maximum Gasteiger partial charge on any atom is 0.255 e. The molecular formula is C28H28ClN3O3. The number of benzene rings is 3. The van der Waals surface area contributed by atoms with Gasteiger partial charge in [0.15, 0.2) is 0 Å². The highest BCUT2D eigenvalue weighted by atomic mass is 35.5. The third-order valence-electron chi connectivity index (χ3n) is 6.12. The second-order valence-corrected chi connectivity index (χ2v) is 9.12. The lowest BCUT2D eigenvalue weighted by Gasteiger charge is -2.34. The van der Waals surface area contributed by atoms with Crippen molar-refractivity contribution in [2.24, 2.45) is 0 Å². The van der Waals surface area contributed by atoms with E-state index in [2.05, 4.69) is 10.6 Å². The molecule has 3 amide bonds. The Morgan fingerprint density at radius 3 is 2.11 bits per heavy atom. The van der Waals surface area contributed by atoms with E-state index in [0.717, 1.165) is 32.1 Å². The summed E-state index contributed by atoms with van der Waals surface area (Å²) in [5, 5.41) is 6.26. The lowest BCUT2D eigenvalue weighted by molar-refractivity contribution is -0.117. The molecule has 4 rings (SSSR count). The summed E-state index contributed by atoms with van der Waals surface area (Å²) in [6.45, 7) is -0.0280. The van der Waals surface area contributed by atoms with Crippen molar-refractivity contribution in [3.05, 3.63) is 95.0 Å². The zero-order valence-electron chi connectivity index (χ0n) is 19.4. The average molecular weight is 490 g/mol. The molecule has 6 nitrogen and oxygen atoms in total. The molecule has 180 valence electrons. The van der Waals surface area contributed by atoms with Crippen LogP contribution in [0.5, 0.6) is 0 Å². The van der Waals surface area contributed by atoms with E-state index in [1.165, 1.54) is 0 Å². The summed E-state index contributed by atoms with van der Waals surface area (Å²) in [6, 6.07) is 22.7. The second kappa shape index (κ2) is 11.7. The quantitative estimate of drug-likeness (QED) is 0.427. The molecule has 1 aliphatic rings. The molecule has 3 aromatic rings. The molecule has 7 heteroatoms. The van der Waals surface area contributed by atoms with E-state index in [0.29, 0.717) is 27.5 Å². The van der Waals surface area contributed by atoms with Crippen LogP contribution in [0, 0.1) is 0 Å². The Morgan fingerprint density at radius 2 is 1.43 bits per heavy atom. The van der Waals surface area contributed by atoms with Crippen LogP contribution in [0.4, 0.5) is 11.4 Å². The highest BCUT2D eigenvalue weighted by molar-refractivity contribution is 6.30. The van der Waals surface area contributed by atoms with Crippen LogP contribution in [0.2, 0.25) is 5.02 Å². The zero-order valence-corrected chi connectivity index (χ0v) is 20.1. The summed E-state index contributed by atoms with van der Waals surface area (Å²) in [5.74, 6) is -0.681. The van der Waals surface area contributed by atoms with Gasteiger partial charge in [-0.3, -0.25) is 14.4 Å². The third-order valence-corrected chi connectivity index (χ3v) is 6.37. The molecule has 2 N–H and O–H groups in total. The fourth-order valence-corrected chi connectivity index (χ4v) is 4.47. The minimum Gasteiger partial charge on any atom is -0.326 e. The van der Waals surface area contributed by atoms with Gasteiger partial charge in [0.25, 0.3) is 11.8 Å². The fourth-order valence-electron chi connectivity index (χ4n) is 4.34. The van der Waals surface area contributed by atoms with Crippen LogP contribution in [0.25, 0.3) is 0 Å². The van der Waals surface area contributed by atoms with Crippen molar-refractivity contribution in [1.29, 1.82) is 0 Å². The number of nitrogens with one attached hydrogen (secondary N) is 2. The number of halogens is 1. The molecule has 0 unspecified atom stereocenters. The Hall–Kier alpha value is -3.64. The van der Waals surface area contributed by atoms with E-state index in [-0.39, 0.29) is 30.3 Å². The molecule has 0 aromatic heterocycles. The van der Waals surface area contributed by atoms with Gasteiger partial charge in [-0.1, -0.05) is 55.1 Å². The molecule has 1 aliphatic carbocycles. The van der Waals surface area contributed by atoms with Crippen LogP contribution >= 0.6 is 11.6 Å². The Kier molecular flexibility index (Phi) is 8.16. The molecule has 0 spiro atoms. The fraction of sp³-hybridized carbons (Fsp3) is 0.250. The Labute approximate surface area is 210 Å². The minimum absolute atomic E-state index is 0.0280.